The Morgan fingerprint density at radius 3 is 2.95 bits per heavy atom. The third kappa shape index (κ3) is 4.33. The van der Waals surface area contributed by atoms with Crippen LogP contribution >= 0.6 is 11.3 Å². The summed E-state index contributed by atoms with van der Waals surface area (Å²) in [5.41, 5.74) is 0. The van der Waals surface area contributed by atoms with Crippen molar-refractivity contribution in [3.63, 3.8) is 0 Å². The van der Waals surface area contributed by atoms with E-state index in [-0.39, 0.29) is 5.91 Å². The molecule has 0 bridgehead atoms. The van der Waals surface area contributed by atoms with Gasteiger partial charge in [0, 0.05) is 24.5 Å². The van der Waals surface area contributed by atoms with Crippen molar-refractivity contribution in [2.75, 3.05) is 13.2 Å². The Kier molecular flexibility index (Phi) is 4.93. The average molecular weight is 283 g/mol. The van der Waals surface area contributed by atoms with Gasteiger partial charge in [0.15, 0.2) is 0 Å². The molecule has 1 fully saturated rings. The van der Waals surface area contributed by atoms with Gasteiger partial charge in [0.25, 0.3) is 0 Å². The van der Waals surface area contributed by atoms with Crippen LogP contribution in [0.3, 0.4) is 0 Å². The summed E-state index contributed by atoms with van der Waals surface area (Å²) < 4.78 is 5.26. The fraction of sp³-hybridized carbons (Fsp3) is 0.538. The minimum absolute atomic E-state index is 0.0113. The van der Waals surface area contributed by atoms with Gasteiger partial charge in [-0.05, 0) is 30.9 Å². The number of carbonyl (C=O) groups is 2. The molecular weight excluding hydrogens is 266 g/mol. The van der Waals surface area contributed by atoms with Crippen LogP contribution in [0.2, 0.25) is 0 Å². The summed E-state index contributed by atoms with van der Waals surface area (Å²) in [6, 6.07) is 3.30. The van der Waals surface area contributed by atoms with Crippen LogP contribution in [0.15, 0.2) is 12.1 Å². The average Bonchev–Trinajstić information content (AvgIpc) is 3.05. The molecular formula is C13H17NO4S. The van der Waals surface area contributed by atoms with Crippen LogP contribution in [-0.4, -0.2) is 30.2 Å². The monoisotopic (exact) mass is 283 g/mol. The molecule has 0 radical (unpaired) electrons. The molecule has 1 aliphatic rings. The molecule has 1 aromatic rings. The zero-order valence-corrected chi connectivity index (χ0v) is 11.4. The van der Waals surface area contributed by atoms with E-state index in [0.29, 0.717) is 23.8 Å². The second-order valence-corrected chi connectivity index (χ2v) is 5.78. The maximum atomic E-state index is 11.7. The molecule has 0 aliphatic carbocycles. The van der Waals surface area contributed by atoms with E-state index in [9.17, 15) is 9.59 Å². The minimum atomic E-state index is -0.927. The molecule has 1 amide bonds. The van der Waals surface area contributed by atoms with Crippen molar-refractivity contribution >= 4 is 23.2 Å². The molecule has 6 heteroatoms. The number of carbonyl (C=O) groups excluding carboxylic acids is 1. The summed E-state index contributed by atoms with van der Waals surface area (Å²) in [6.07, 6.45) is 2.40. The largest absolute Gasteiger partial charge is 0.477 e. The van der Waals surface area contributed by atoms with E-state index < -0.39 is 5.97 Å². The maximum absolute atomic E-state index is 11.7. The smallest absolute Gasteiger partial charge is 0.345 e. The topological polar surface area (TPSA) is 75.6 Å². The molecule has 0 saturated carbocycles. The van der Waals surface area contributed by atoms with Gasteiger partial charge in [-0.15, -0.1) is 11.3 Å². The fourth-order valence-electron chi connectivity index (χ4n) is 2.01. The summed E-state index contributed by atoms with van der Waals surface area (Å²) >= 11 is 1.19. The van der Waals surface area contributed by atoms with Gasteiger partial charge >= 0.3 is 5.97 Å². The van der Waals surface area contributed by atoms with Crippen LogP contribution in [0, 0.1) is 5.92 Å². The number of rotatable bonds is 6. The molecule has 1 unspecified atom stereocenters. The van der Waals surface area contributed by atoms with E-state index >= 15 is 0 Å². The fourth-order valence-corrected chi connectivity index (χ4v) is 2.79. The molecule has 1 saturated heterocycles. The molecule has 104 valence electrons. The third-order valence-electron chi connectivity index (χ3n) is 3.14. The standard InChI is InChI=1S/C13H17NO4S/c15-12(4-1-9-5-6-18-8-9)14-7-10-2-3-11(19-10)13(16)17/h2-3,9H,1,4-8H2,(H,14,15)(H,16,17). The van der Waals surface area contributed by atoms with E-state index in [1.807, 2.05) is 0 Å². The molecule has 2 rings (SSSR count). The minimum Gasteiger partial charge on any atom is -0.477 e. The number of carboxylic acids is 1. The van der Waals surface area contributed by atoms with Gasteiger partial charge in [-0.1, -0.05) is 0 Å². The van der Waals surface area contributed by atoms with Crippen molar-refractivity contribution in [3.05, 3.63) is 21.9 Å². The van der Waals surface area contributed by atoms with Gasteiger partial charge < -0.3 is 15.2 Å². The summed E-state index contributed by atoms with van der Waals surface area (Å²) in [6.45, 7) is 1.97. The highest BCUT2D eigenvalue weighted by Crippen LogP contribution is 2.18. The van der Waals surface area contributed by atoms with Crippen LogP contribution in [0.1, 0.15) is 33.8 Å². The van der Waals surface area contributed by atoms with Crippen molar-refractivity contribution < 1.29 is 19.4 Å². The van der Waals surface area contributed by atoms with Crippen molar-refractivity contribution in [1.82, 2.24) is 5.32 Å². The Labute approximate surface area is 115 Å². The Balaban J connectivity index is 1.68. The second-order valence-electron chi connectivity index (χ2n) is 4.62. The summed E-state index contributed by atoms with van der Waals surface area (Å²) in [4.78, 5) is 23.5. The lowest BCUT2D eigenvalue weighted by Crippen LogP contribution is -2.22. The van der Waals surface area contributed by atoms with E-state index in [1.54, 1.807) is 12.1 Å². The number of amides is 1. The van der Waals surface area contributed by atoms with Crippen LogP contribution < -0.4 is 5.32 Å². The molecule has 0 spiro atoms. The highest BCUT2D eigenvalue weighted by Gasteiger charge is 2.16. The van der Waals surface area contributed by atoms with Gasteiger partial charge in [0.2, 0.25) is 5.91 Å². The van der Waals surface area contributed by atoms with E-state index in [2.05, 4.69) is 5.32 Å². The van der Waals surface area contributed by atoms with Gasteiger partial charge in [0.05, 0.1) is 6.54 Å². The van der Waals surface area contributed by atoms with E-state index in [0.717, 1.165) is 30.9 Å². The number of nitrogens with one attached hydrogen (secondary N) is 1. The van der Waals surface area contributed by atoms with Crippen molar-refractivity contribution in [3.8, 4) is 0 Å². The van der Waals surface area contributed by atoms with Crippen molar-refractivity contribution in [2.45, 2.75) is 25.8 Å². The van der Waals surface area contributed by atoms with Crippen molar-refractivity contribution in [1.29, 1.82) is 0 Å². The predicted octanol–water partition coefficient (Wildman–Crippen LogP) is 1.88. The first-order chi connectivity index (χ1) is 9.15. The third-order valence-corrected chi connectivity index (χ3v) is 4.21. The van der Waals surface area contributed by atoms with Gasteiger partial charge in [-0.2, -0.15) is 0 Å². The zero-order valence-electron chi connectivity index (χ0n) is 10.6. The van der Waals surface area contributed by atoms with Crippen molar-refractivity contribution in [2.24, 2.45) is 5.92 Å². The highest BCUT2D eigenvalue weighted by molar-refractivity contribution is 7.13. The number of hydrogen-bond donors (Lipinski definition) is 2. The first kappa shape index (κ1) is 14.0. The van der Waals surface area contributed by atoms with Gasteiger partial charge in [-0.25, -0.2) is 4.79 Å². The quantitative estimate of drug-likeness (QED) is 0.836. The lowest BCUT2D eigenvalue weighted by atomic mass is 10.0. The summed E-state index contributed by atoms with van der Waals surface area (Å²) in [5.74, 6) is -0.410. The number of hydrogen-bond acceptors (Lipinski definition) is 4. The Bertz CT molecular complexity index is 451. The van der Waals surface area contributed by atoms with E-state index in [1.165, 1.54) is 11.3 Å². The SMILES string of the molecule is O=C(CCC1CCOC1)NCc1ccc(C(=O)O)s1. The lowest BCUT2D eigenvalue weighted by Gasteiger charge is -2.07. The molecule has 19 heavy (non-hydrogen) atoms. The van der Waals surface area contributed by atoms with Crippen LogP contribution in [-0.2, 0) is 16.1 Å². The van der Waals surface area contributed by atoms with Gasteiger partial charge in [-0.3, -0.25) is 4.79 Å². The molecule has 1 aliphatic heterocycles. The second kappa shape index (κ2) is 6.68. The lowest BCUT2D eigenvalue weighted by molar-refractivity contribution is -0.121. The number of aromatic carboxylic acids is 1. The zero-order chi connectivity index (χ0) is 13.7. The number of thiophene rings is 1. The molecule has 2 heterocycles. The number of ether oxygens (including phenoxy) is 1. The van der Waals surface area contributed by atoms with Crippen LogP contribution in [0.4, 0.5) is 0 Å². The first-order valence-electron chi connectivity index (χ1n) is 6.31. The Morgan fingerprint density at radius 1 is 1.47 bits per heavy atom. The maximum Gasteiger partial charge on any atom is 0.345 e. The van der Waals surface area contributed by atoms with Crippen LogP contribution in [0.5, 0.6) is 0 Å². The summed E-state index contributed by atoms with van der Waals surface area (Å²) in [7, 11) is 0. The molecule has 1 aromatic heterocycles. The Morgan fingerprint density at radius 2 is 2.32 bits per heavy atom. The number of carboxylic acid groups (broad SMARTS) is 1. The molecule has 0 aromatic carbocycles. The summed E-state index contributed by atoms with van der Waals surface area (Å²) in [5, 5.41) is 11.6. The van der Waals surface area contributed by atoms with Gasteiger partial charge in [0.1, 0.15) is 4.88 Å². The van der Waals surface area contributed by atoms with E-state index in [4.69, 9.17) is 9.84 Å². The molecule has 2 N–H and O–H groups in total. The molecule has 1 atom stereocenters. The highest BCUT2D eigenvalue weighted by atomic mass is 32.1. The Hall–Kier alpha value is -1.40. The van der Waals surface area contributed by atoms with Crippen LogP contribution in [0.25, 0.3) is 0 Å². The normalized spacial score (nSPS) is 18.4. The molecule has 5 nitrogen and oxygen atoms in total. The predicted molar refractivity (Wildman–Crippen MR) is 71.3 cm³/mol. The first-order valence-corrected chi connectivity index (χ1v) is 7.13.